The van der Waals surface area contributed by atoms with Crippen LogP contribution < -0.4 is 5.32 Å². The van der Waals surface area contributed by atoms with Gasteiger partial charge in [0.25, 0.3) is 0 Å². The summed E-state index contributed by atoms with van der Waals surface area (Å²) in [5.74, 6) is 1.28. The molecule has 1 heterocycles. The topological polar surface area (TPSA) is 65.4 Å². The summed E-state index contributed by atoms with van der Waals surface area (Å²) in [5, 5.41) is 3.11. The van der Waals surface area contributed by atoms with Gasteiger partial charge in [0.2, 0.25) is 0 Å². The number of aromatic nitrogens is 2. The first-order valence-electron chi connectivity index (χ1n) is 10.9. The van der Waals surface area contributed by atoms with E-state index in [9.17, 15) is 4.79 Å². The molecule has 3 saturated carbocycles. The predicted molar refractivity (Wildman–Crippen MR) is 128 cm³/mol. The van der Waals surface area contributed by atoms with Crippen molar-refractivity contribution in [2.75, 3.05) is 0 Å². The number of nitrogens with one attached hydrogen (secondary N) is 1. The van der Waals surface area contributed by atoms with Gasteiger partial charge in [-0.25, -0.2) is 9.78 Å². The number of halogens is 1. The molecular weight excluding hydrogens is 505 g/mol. The minimum absolute atomic E-state index is 0.0179. The molecule has 3 aliphatic carbocycles. The molecule has 7 heteroatoms. The summed E-state index contributed by atoms with van der Waals surface area (Å²) in [7, 11) is 0. The molecule has 2 bridgehead atoms. The zero-order valence-corrected chi connectivity index (χ0v) is 21.1. The van der Waals surface area contributed by atoms with Gasteiger partial charge in [-0.3, -0.25) is 0 Å². The molecule has 3 aliphatic rings. The Kier molecular flexibility index (Phi) is 5.87. The fourth-order valence-electron chi connectivity index (χ4n) is 4.91. The summed E-state index contributed by atoms with van der Waals surface area (Å²) in [6.07, 6.45) is 4.43. The van der Waals surface area contributed by atoms with Gasteiger partial charge in [0.15, 0.2) is 0 Å². The highest BCUT2D eigenvalue weighted by atomic mass is 127. The lowest BCUT2D eigenvalue weighted by atomic mass is 9.44. The van der Waals surface area contributed by atoms with E-state index in [1.54, 1.807) is 0 Å². The number of hydrogen-bond donors (Lipinski definition) is 1. The smallest absolute Gasteiger partial charge is 0.408 e. The van der Waals surface area contributed by atoms with E-state index in [-0.39, 0.29) is 23.3 Å². The van der Waals surface area contributed by atoms with Gasteiger partial charge in [0.1, 0.15) is 21.2 Å². The van der Waals surface area contributed by atoms with Gasteiger partial charge in [-0.05, 0) is 74.1 Å². The van der Waals surface area contributed by atoms with Crippen molar-refractivity contribution in [2.24, 2.45) is 5.92 Å². The van der Waals surface area contributed by atoms with E-state index in [1.165, 1.54) is 0 Å². The lowest BCUT2D eigenvalue weighted by molar-refractivity contribution is -0.141. The third-order valence-corrected chi connectivity index (χ3v) is 6.64. The molecule has 1 unspecified atom stereocenters. The zero-order chi connectivity index (χ0) is 22.4. The normalized spacial score (nSPS) is 25.5. The number of ether oxygens (including phenoxy) is 2. The Balaban J connectivity index is 1.46. The standard InChI is InChI=1S/C24H32IN3O3/c1-16(2)19(30-12-17-9-7-6-8-10-17)20-26-18(25)11-28(20)24-13-23(14-24,15-24)27-21(29)31-22(3,4)5/h6-11,16,19H,12-15H2,1-5H3,(H,27,29). The van der Waals surface area contributed by atoms with Crippen molar-refractivity contribution in [2.45, 2.75) is 83.3 Å². The average Bonchev–Trinajstić information content (AvgIpc) is 2.97. The third kappa shape index (κ3) is 4.62. The first-order valence-corrected chi connectivity index (χ1v) is 12.0. The molecule has 6 nitrogen and oxygen atoms in total. The van der Waals surface area contributed by atoms with E-state index in [0.29, 0.717) is 12.5 Å². The first-order chi connectivity index (χ1) is 14.5. The van der Waals surface area contributed by atoms with Crippen LogP contribution in [0.15, 0.2) is 36.5 Å². The fourth-order valence-corrected chi connectivity index (χ4v) is 5.44. The largest absolute Gasteiger partial charge is 0.444 e. The highest BCUT2D eigenvalue weighted by molar-refractivity contribution is 14.1. The third-order valence-electron chi connectivity index (χ3n) is 6.12. The van der Waals surface area contributed by atoms with Gasteiger partial charge in [-0.1, -0.05) is 44.2 Å². The molecule has 0 aliphatic heterocycles. The van der Waals surface area contributed by atoms with E-state index in [4.69, 9.17) is 14.5 Å². The minimum Gasteiger partial charge on any atom is -0.444 e. The summed E-state index contributed by atoms with van der Waals surface area (Å²) in [6, 6.07) is 10.3. The Morgan fingerprint density at radius 2 is 1.87 bits per heavy atom. The highest BCUT2D eigenvalue weighted by Crippen LogP contribution is 2.66. The van der Waals surface area contributed by atoms with E-state index in [0.717, 1.165) is 34.4 Å². The van der Waals surface area contributed by atoms with Crippen molar-refractivity contribution in [3.63, 3.8) is 0 Å². The molecule has 1 atom stereocenters. The van der Waals surface area contributed by atoms with Crippen LogP contribution in [0.5, 0.6) is 0 Å². The Morgan fingerprint density at radius 1 is 1.23 bits per heavy atom. The second-order valence-corrected chi connectivity index (χ2v) is 11.5. The SMILES string of the molecule is CC(C)C(OCc1ccccc1)c1nc(I)cn1C12CC(NC(=O)OC(C)(C)C)(C1)C2. The molecule has 0 saturated heterocycles. The summed E-state index contributed by atoms with van der Waals surface area (Å²) >= 11 is 2.28. The number of hydrogen-bond acceptors (Lipinski definition) is 4. The number of imidazole rings is 1. The fraction of sp³-hybridized carbons (Fsp3) is 0.583. The number of carbonyl (C=O) groups excluding carboxylic acids is 1. The molecule has 5 rings (SSSR count). The number of benzene rings is 1. The minimum atomic E-state index is -0.487. The number of rotatable bonds is 7. The summed E-state index contributed by atoms with van der Waals surface area (Å²) in [6.45, 7) is 10.6. The average molecular weight is 537 g/mol. The van der Waals surface area contributed by atoms with Crippen molar-refractivity contribution in [3.05, 3.63) is 51.6 Å². The summed E-state index contributed by atoms with van der Waals surface area (Å²) in [4.78, 5) is 17.1. The number of alkyl carbamates (subject to hydrolysis) is 1. The van der Waals surface area contributed by atoms with Crippen molar-refractivity contribution < 1.29 is 14.3 Å². The van der Waals surface area contributed by atoms with Crippen LogP contribution in [0.4, 0.5) is 4.79 Å². The van der Waals surface area contributed by atoms with Gasteiger partial charge in [-0.2, -0.15) is 0 Å². The van der Waals surface area contributed by atoms with E-state index in [1.807, 2.05) is 39.0 Å². The van der Waals surface area contributed by atoms with Crippen LogP contribution in [-0.4, -0.2) is 26.8 Å². The lowest BCUT2D eigenvalue weighted by Crippen LogP contribution is -2.79. The van der Waals surface area contributed by atoms with E-state index in [2.05, 4.69) is 64.7 Å². The van der Waals surface area contributed by atoms with Crippen molar-refractivity contribution in [1.29, 1.82) is 0 Å². The van der Waals surface area contributed by atoms with Crippen molar-refractivity contribution in [3.8, 4) is 0 Å². The van der Waals surface area contributed by atoms with E-state index >= 15 is 0 Å². The van der Waals surface area contributed by atoms with E-state index < -0.39 is 5.60 Å². The molecule has 0 radical (unpaired) electrons. The van der Waals surface area contributed by atoms with Crippen LogP contribution >= 0.6 is 22.6 Å². The van der Waals surface area contributed by atoms with Gasteiger partial charge in [-0.15, -0.1) is 0 Å². The van der Waals surface area contributed by atoms with Gasteiger partial charge in [0.05, 0.1) is 17.7 Å². The van der Waals surface area contributed by atoms with Gasteiger partial charge >= 0.3 is 6.09 Å². The lowest BCUT2D eigenvalue weighted by Gasteiger charge is -2.70. The van der Waals surface area contributed by atoms with Crippen LogP contribution in [0.1, 0.15) is 71.4 Å². The molecule has 0 spiro atoms. The molecule has 31 heavy (non-hydrogen) atoms. The second kappa shape index (κ2) is 8.06. The van der Waals surface area contributed by atoms with Crippen LogP contribution in [0.25, 0.3) is 0 Å². The molecule has 2 aromatic rings. The molecular formula is C24H32IN3O3. The van der Waals surface area contributed by atoms with Crippen LogP contribution in [0, 0.1) is 9.62 Å². The quantitative estimate of drug-likeness (QED) is 0.470. The van der Waals surface area contributed by atoms with Crippen molar-refractivity contribution >= 4 is 28.7 Å². The molecule has 1 aromatic heterocycles. The van der Waals surface area contributed by atoms with Gasteiger partial charge in [0, 0.05) is 6.20 Å². The maximum absolute atomic E-state index is 12.2. The Labute approximate surface area is 198 Å². The molecule has 3 fully saturated rings. The summed E-state index contributed by atoms with van der Waals surface area (Å²) < 4.78 is 15.1. The number of carbonyl (C=O) groups is 1. The number of amides is 1. The molecule has 1 amide bonds. The summed E-state index contributed by atoms with van der Waals surface area (Å²) in [5.41, 5.74) is 0.545. The maximum atomic E-state index is 12.2. The Morgan fingerprint density at radius 3 is 2.45 bits per heavy atom. The Bertz CT molecular complexity index is 929. The van der Waals surface area contributed by atoms with Crippen molar-refractivity contribution in [1.82, 2.24) is 14.9 Å². The van der Waals surface area contributed by atoms with Crippen LogP contribution in [0.2, 0.25) is 0 Å². The zero-order valence-electron chi connectivity index (χ0n) is 18.9. The maximum Gasteiger partial charge on any atom is 0.408 e. The van der Waals surface area contributed by atoms with Gasteiger partial charge < -0.3 is 19.4 Å². The molecule has 1 N–H and O–H groups in total. The number of nitrogens with zero attached hydrogens (tertiary/aromatic N) is 2. The predicted octanol–water partition coefficient (Wildman–Crippen LogP) is 5.56. The van der Waals surface area contributed by atoms with Crippen LogP contribution in [-0.2, 0) is 21.6 Å². The molecule has 1 aromatic carbocycles. The van der Waals surface area contributed by atoms with Crippen LogP contribution in [0.3, 0.4) is 0 Å². The molecule has 168 valence electrons. The monoisotopic (exact) mass is 537 g/mol. The Hall–Kier alpha value is -1.61. The highest BCUT2D eigenvalue weighted by Gasteiger charge is 2.70. The second-order valence-electron chi connectivity index (χ2n) is 10.4. The first kappa shape index (κ1) is 22.6.